The molecule has 0 saturated carbocycles. The highest BCUT2D eigenvalue weighted by Gasteiger charge is 2.27. The topological polar surface area (TPSA) is 105 Å². The van der Waals surface area contributed by atoms with Gasteiger partial charge in [0.1, 0.15) is 5.60 Å². The van der Waals surface area contributed by atoms with Gasteiger partial charge in [0.2, 0.25) is 15.9 Å². The summed E-state index contributed by atoms with van der Waals surface area (Å²) in [5, 5.41) is 2.58. The number of ether oxygens (including phenoxy) is 1. The lowest BCUT2D eigenvalue weighted by Gasteiger charge is -2.32. The van der Waals surface area contributed by atoms with Crippen molar-refractivity contribution in [1.82, 2.24) is 14.9 Å². The van der Waals surface area contributed by atoms with Crippen LogP contribution < -0.4 is 10.0 Å². The van der Waals surface area contributed by atoms with Crippen molar-refractivity contribution in [3.8, 4) is 0 Å². The zero-order valence-corrected chi connectivity index (χ0v) is 19.3. The van der Waals surface area contributed by atoms with Crippen molar-refractivity contribution in [2.24, 2.45) is 0 Å². The second-order valence-electron chi connectivity index (χ2n) is 8.70. The maximum atomic E-state index is 12.6. The van der Waals surface area contributed by atoms with Gasteiger partial charge >= 0.3 is 6.09 Å². The molecule has 0 unspecified atom stereocenters. The van der Waals surface area contributed by atoms with E-state index in [9.17, 15) is 18.0 Å². The highest BCUT2D eigenvalue weighted by molar-refractivity contribution is 7.89. The number of nitrogens with one attached hydrogen (secondary N) is 2. The number of amides is 2. The van der Waals surface area contributed by atoms with Crippen molar-refractivity contribution < 1.29 is 22.7 Å². The van der Waals surface area contributed by atoms with E-state index in [-0.39, 0.29) is 29.8 Å². The van der Waals surface area contributed by atoms with Gasteiger partial charge in [0, 0.05) is 32.1 Å². The van der Waals surface area contributed by atoms with Gasteiger partial charge < -0.3 is 15.0 Å². The van der Waals surface area contributed by atoms with Crippen molar-refractivity contribution >= 4 is 22.0 Å². The Balaban J connectivity index is 1.78. The Morgan fingerprint density at radius 1 is 1.13 bits per heavy atom. The predicted molar refractivity (Wildman–Crippen MR) is 115 cm³/mol. The van der Waals surface area contributed by atoms with E-state index in [4.69, 9.17) is 4.74 Å². The third kappa shape index (κ3) is 7.28. The normalized spacial score (nSPS) is 15.7. The Bertz CT molecular complexity index is 869. The fourth-order valence-electron chi connectivity index (χ4n) is 3.16. The first-order valence-electron chi connectivity index (χ1n) is 10.2. The van der Waals surface area contributed by atoms with E-state index in [2.05, 4.69) is 10.0 Å². The summed E-state index contributed by atoms with van der Waals surface area (Å²) < 4.78 is 33.2. The van der Waals surface area contributed by atoms with Crippen LogP contribution >= 0.6 is 0 Å². The number of carbonyl (C=O) groups excluding carboxylic acids is 2. The summed E-state index contributed by atoms with van der Waals surface area (Å²) in [6.45, 7) is 10.3. The van der Waals surface area contributed by atoms with Crippen LogP contribution in [0.25, 0.3) is 0 Å². The molecule has 1 aromatic rings. The molecule has 30 heavy (non-hydrogen) atoms. The Labute approximate surface area is 179 Å². The van der Waals surface area contributed by atoms with Crippen molar-refractivity contribution in [3.63, 3.8) is 0 Å². The molecule has 8 nitrogen and oxygen atoms in total. The number of likely N-dealkylation sites (tertiary alicyclic amines) is 1. The van der Waals surface area contributed by atoms with Crippen LogP contribution in [0.5, 0.6) is 0 Å². The van der Waals surface area contributed by atoms with Gasteiger partial charge in [-0.15, -0.1) is 0 Å². The highest BCUT2D eigenvalue weighted by Crippen LogP contribution is 2.18. The lowest BCUT2D eigenvalue weighted by molar-refractivity contribution is -0.132. The molecule has 1 aromatic carbocycles. The highest BCUT2D eigenvalue weighted by atomic mass is 32.2. The fraction of sp³-hybridized carbons (Fsp3) is 0.619. The largest absolute Gasteiger partial charge is 0.444 e. The van der Waals surface area contributed by atoms with Gasteiger partial charge in [0.15, 0.2) is 0 Å². The van der Waals surface area contributed by atoms with Gasteiger partial charge in [0.05, 0.1) is 4.90 Å². The third-order valence-electron chi connectivity index (χ3n) is 4.97. The van der Waals surface area contributed by atoms with E-state index in [0.29, 0.717) is 25.9 Å². The molecule has 0 bridgehead atoms. The second kappa shape index (κ2) is 9.78. The standard InChI is InChI=1S/C21H33N3O5S/c1-15-6-7-18(14-16(15)2)30(27,28)23-17-9-12-24(13-10-17)19(25)8-11-22-20(26)29-21(3,4)5/h6-7,14,17,23H,8-13H2,1-5H3,(H,22,26). The summed E-state index contributed by atoms with van der Waals surface area (Å²) in [6.07, 6.45) is 0.734. The van der Waals surface area contributed by atoms with Crippen LogP contribution in [0.1, 0.15) is 51.2 Å². The number of nitrogens with zero attached hydrogens (tertiary/aromatic N) is 1. The van der Waals surface area contributed by atoms with Crippen molar-refractivity contribution in [3.05, 3.63) is 29.3 Å². The molecule has 2 amide bonds. The number of piperidine rings is 1. The molecule has 2 N–H and O–H groups in total. The maximum absolute atomic E-state index is 12.6. The van der Waals surface area contributed by atoms with E-state index < -0.39 is 21.7 Å². The number of hydrogen-bond donors (Lipinski definition) is 2. The van der Waals surface area contributed by atoms with Crippen molar-refractivity contribution in [2.75, 3.05) is 19.6 Å². The van der Waals surface area contributed by atoms with Gasteiger partial charge in [-0.05, 0) is 70.7 Å². The minimum Gasteiger partial charge on any atom is -0.444 e. The third-order valence-corrected chi connectivity index (χ3v) is 6.48. The molecule has 168 valence electrons. The van der Waals surface area contributed by atoms with Crippen LogP contribution in [0.15, 0.2) is 23.1 Å². The monoisotopic (exact) mass is 439 g/mol. The Hall–Kier alpha value is -2.13. The predicted octanol–water partition coefficient (Wildman–Crippen LogP) is 2.49. The van der Waals surface area contributed by atoms with Crippen LogP contribution in [-0.4, -0.2) is 56.6 Å². The van der Waals surface area contributed by atoms with Crippen LogP contribution in [0.2, 0.25) is 0 Å². The number of alkyl carbamates (subject to hydrolysis) is 1. The molecule has 0 atom stereocenters. The Kier molecular flexibility index (Phi) is 7.87. The summed E-state index contributed by atoms with van der Waals surface area (Å²) >= 11 is 0. The first kappa shape index (κ1) is 24.1. The van der Waals surface area contributed by atoms with E-state index in [1.54, 1.807) is 43.9 Å². The molecular formula is C21H33N3O5S. The summed E-state index contributed by atoms with van der Waals surface area (Å²) in [7, 11) is -3.59. The average Bonchev–Trinajstić information content (AvgIpc) is 2.62. The SMILES string of the molecule is Cc1ccc(S(=O)(=O)NC2CCN(C(=O)CCNC(=O)OC(C)(C)C)CC2)cc1C. The summed E-state index contributed by atoms with van der Waals surface area (Å²) in [6, 6.07) is 4.88. The lowest BCUT2D eigenvalue weighted by atomic mass is 10.1. The summed E-state index contributed by atoms with van der Waals surface area (Å²) in [5.74, 6) is -0.0680. The zero-order valence-electron chi connectivity index (χ0n) is 18.4. The maximum Gasteiger partial charge on any atom is 0.407 e. The molecule has 1 aliphatic heterocycles. The number of carbonyl (C=O) groups is 2. The molecule has 2 rings (SSSR count). The first-order valence-corrected chi connectivity index (χ1v) is 11.7. The Morgan fingerprint density at radius 3 is 2.33 bits per heavy atom. The zero-order chi connectivity index (χ0) is 22.5. The number of aryl methyl sites for hydroxylation is 2. The van der Waals surface area contributed by atoms with Crippen LogP contribution in [0.3, 0.4) is 0 Å². The van der Waals surface area contributed by atoms with E-state index in [0.717, 1.165) is 11.1 Å². The number of sulfonamides is 1. The van der Waals surface area contributed by atoms with E-state index in [1.165, 1.54) is 0 Å². The first-order chi connectivity index (χ1) is 13.9. The number of benzene rings is 1. The Morgan fingerprint density at radius 2 is 1.77 bits per heavy atom. The van der Waals surface area contributed by atoms with Crippen LogP contribution in [-0.2, 0) is 19.6 Å². The van der Waals surface area contributed by atoms with Gasteiger partial charge in [-0.2, -0.15) is 0 Å². The van der Waals surface area contributed by atoms with Crippen molar-refractivity contribution in [2.45, 2.75) is 70.4 Å². The molecule has 1 heterocycles. The smallest absolute Gasteiger partial charge is 0.407 e. The fourth-order valence-corrected chi connectivity index (χ4v) is 4.55. The molecule has 0 aromatic heterocycles. The lowest BCUT2D eigenvalue weighted by Crippen LogP contribution is -2.47. The van der Waals surface area contributed by atoms with E-state index in [1.807, 2.05) is 13.8 Å². The van der Waals surface area contributed by atoms with Crippen LogP contribution in [0, 0.1) is 13.8 Å². The molecule has 1 aliphatic rings. The van der Waals surface area contributed by atoms with Crippen LogP contribution in [0.4, 0.5) is 4.79 Å². The minimum atomic E-state index is -3.59. The summed E-state index contributed by atoms with van der Waals surface area (Å²) in [4.78, 5) is 25.9. The molecule has 0 radical (unpaired) electrons. The molecule has 1 fully saturated rings. The molecular weight excluding hydrogens is 406 g/mol. The van der Waals surface area contributed by atoms with Gasteiger partial charge in [-0.25, -0.2) is 17.9 Å². The van der Waals surface area contributed by atoms with Gasteiger partial charge in [-0.1, -0.05) is 6.07 Å². The van der Waals surface area contributed by atoms with Crippen molar-refractivity contribution in [1.29, 1.82) is 0 Å². The quantitative estimate of drug-likeness (QED) is 0.709. The van der Waals surface area contributed by atoms with Gasteiger partial charge in [0.25, 0.3) is 0 Å². The average molecular weight is 440 g/mol. The molecule has 0 aliphatic carbocycles. The second-order valence-corrected chi connectivity index (χ2v) is 10.4. The molecule has 9 heteroatoms. The number of hydrogen-bond acceptors (Lipinski definition) is 5. The number of rotatable bonds is 6. The van der Waals surface area contributed by atoms with E-state index >= 15 is 0 Å². The summed E-state index contributed by atoms with van der Waals surface area (Å²) in [5.41, 5.74) is 1.39. The minimum absolute atomic E-state index is 0.0680. The molecule has 1 saturated heterocycles. The molecule has 0 spiro atoms. The van der Waals surface area contributed by atoms with Gasteiger partial charge in [-0.3, -0.25) is 4.79 Å².